The molecule has 0 atom stereocenters. The Bertz CT molecular complexity index is 884. The van der Waals surface area contributed by atoms with Gasteiger partial charge in [-0.15, -0.1) is 0 Å². The summed E-state index contributed by atoms with van der Waals surface area (Å²) >= 11 is 5.99. The predicted octanol–water partition coefficient (Wildman–Crippen LogP) is 4.29. The van der Waals surface area contributed by atoms with Gasteiger partial charge in [-0.2, -0.15) is 0 Å². The van der Waals surface area contributed by atoms with Crippen molar-refractivity contribution >= 4 is 34.8 Å². The molecule has 0 aromatic heterocycles. The highest BCUT2D eigenvalue weighted by Crippen LogP contribution is 2.28. The Morgan fingerprint density at radius 3 is 2.38 bits per heavy atom. The van der Waals surface area contributed by atoms with Crippen LogP contribution in [0.25, 0.3) is 0 Å². The van der Waals surface area contributed by atoms with E-state index in [0.717, 1.165) is 16.8 Å². The monoisotopic (exact) mass is 417 g/mol. The molecule has 6 nitrogen and oxygen atoms in total. The van der Waals surface area contributed by atoms with E-state index in [0.29, 0.717) is 22.4 Å². The average molecular weight is 418 g/mol. The SMILES string of the molecule is COc1ccc(Cl)cc1NC(=O)CN(C)CC(=O)Nc1c(C)cccc1C(C)C. The Morgan fingerprint density at radius 1 is 1.10 bits per heavy atom. The Balaban J connectivity index is 1.96. The van der Waals surface area contributed by atoms with Crippen molar-refractivity contribution in [2.45, 2.75) is 26.7 Å². The summed E-state index contributed by atoms with van der Waals surface area (Å²) in [4.78, 5) is 26.5. The number of nitrogens with one attached hydrogen (secondary N) is 2. The van der Waals surface area contributed by atoms with Crippen LogP contribution in [-0.4, -0.2) is 44.0 Å². The number of likely N-dealkylation sites (N-methyl/N-ethyl adjacent to an activating group) is 1. The number of halogens is 1. The lowest BCUT2D eigenvalue weighted by molar-refractivity contribution is -0.119. The Kier molecular flexibility index (Phi) is 8.05. The van der Waals surface area contributed by atoms with Gasteiger partial charge in [0.25, 0.3) is 0 Å². The molecule has 2 aromatic rings. The number of carbonyl (C=O) groups excluding carboxylic acids is 2. The smallest absolute Gasteiger partial charge is 0.238 e. The summed E-state index contributed by atoms with van der Waals surface area (Å²) in [5.74, 6) is 0.377. The standard InChI is InChI=1S/C22H28ClN3O3/c1-14(2)17-8-6-7-15(3)22(17)25-21(28)13-26(4)12-20(27)24-18-11-16(23)9-10-19(18)29-5/h6-11,14H,12-13H2,1-5H3,(H,24,27)(H,25,28). The molecule has 0 saturated carbocycles. The van der Waals surface area contributed by atoms with Gasteiger partial charge >= 0.3 is 0 Å². The number of hydrogen-bond donors (Lipinski definition) is 2. The largest absolute Gasteiger partial charge is 0.495 e. The van der Waals surface area contributed by atoms with E-state index in [9.17, 15) is 9.59 Å². The number of methoxy groups -OCH3 is 1. The predicted molar refractivity (Wildman–Crippen MR) is 118 cm³/mol. The van der Waals surface area contributed by atoms with Crippen molar-refractivity contribution in [3.05, 3.63) is 52.5 Å². The van der Waals surface area contributed by atoms with E-state index in [1.54, 1.807) is 30.1 Å². The number of ether oxygens (including phenoxy) is 1. The number of hydrogen-bond acceptors (Lipinski definition) is 4. The second-order valence-electron chi connectivity index (χ2n) is 7.31. The lowest BCUT2D eigenvalue weighted by Crippen LogP contribution is -2.36. The van der Waals surface area contributed by atoms with Crippen LogP contribution in [0, 0.1) is 6.92 Å². The summed E-state index contributed by atoms with van der Waals surface area (Å²) in [7, 11) is 3.24. The van der Waals surface area contributed by atoms with Crippen LogP contribution in [0.15, 0.2) is 36.4 Å². The number of para-hydroxylation sites is 1. The number of carbonyl (C=O) groups is 2. The summed E-state index contributed by atoms with van der Waals surface area (Å²) < 4.78 is 5.23. The molecule has 2 aromatic carbocycles. The topological polar surface area (TPSA) is 70.7 Å². The molecule has 2 rings (SSSR count). The molecule has 7 heteroatoms. The summed E-state index contributed by atoms with van der Waals surface area (Å²) in [5.41, 5.74) is 3.43. The van der Waals surface area contributed by atoms with E-state index in [2.05, 4.69) is 24.5 Å². The first-order chi connectivity index (χ1) is 13.7. The summed E-state index contributed by atoms with van der Waals surface area (Å²) in [6, 6.07) is 11.0. The van der Waals surface area contributed by atoms with E-state index in [1.165, 1.54) is 7.11 Å². The van der Waals surface area contributed by atoms with Crippen molar-refractivity contribution in [3.63, 3.8) is 0 Å². The van der Waals surface area contributed by atoms with Gasteiger partial charge < -0.3 is 15.4 Å². The minimum Gasteiger partial charge on any atom is -0.495 e. The Hall–Kier alpha value is -2.57. The van der Waals surface area contributed by atoms with Crippen molar-refractivity contribution in [2.24, 2.45) is 0 Å². The van der Waals surface area contributed by atoms with Gasteiger partial charge in [-0.1, -0.05) is 43.6 Å². The lowest BCUT2D eigenvalue weighted by Gasteiger charge is -2.19. The van der Waals surface area contributed by atoms with Crippen LogP contribution >= 0.6 is 11.6 Å². The van der Waals surface area contributed by atoms with Crippen molar-refractivity contribution in [2.75, 3.05) is 37.9 Å². The lowest BCUT2D eigenvalue weighted by atomic mass is 9.98. The number of anilines is 2. The third-order valence-electron chi connectivity index (χ3n) is 4.45. The maximum atomic E-state index is 12.5. The highest BCUT2D eigenvalue weighted by molar-refractivity contribution is 6.31. The second kappa shape index (κ2) is 10.3. The average Bonchev–Trinajstić information content (AvgIpc) is 2.63. The molecular formula is C22H28ClN3O3. The molecular weight excluding hydrogens is 390 g/mol. The number of benzene rings is 2. The quantitative estimate of drug-likeness (QED) is 0.672. The Morgan fingerprint density at radius 2 is 1.76 bits per heavy atom. The first-order valence-corrected chi connectivity index (χ1v) is 9.80. The fraction of sp³-hybridized carbons (Fsp3) is 0.364. The maximum absolute atomic E-state index is 12.5. The molecule has 0 aliphatic rings. The third kappa shape index (κ3) is 6.48. The summed E-state index contributed by atoms with van der Waals surface area (Å²) in [6.45, 7) is 6.28. The number of nitrogens with zero attached hydrogens (tertiary/aromatic N) is 1. The van der Waals surface area contributed by atoms with Gasteiger partial charge in [0.1, 0.15) is 5.75 Å². The van der Waals surface area contributed by atoms with Crippen LogP contribution in [0.5, 0.6) is 5.75 Å². The van der Waals surface area contributed by atoms with Crippen molar-refractivity contribution < 1.29 is 14.3 Å². The molecule has 0 spiro atoms. The number of rotatable bonds is 8. The van der Waals surface area contributed by atoms with Crippen molar-refractivity contribution in [1.29, 1.82) is 0 Å². The molecule has 0 heterocycles. The molecule has 2 amide bonds. The number of aryl methyl sites for hydroxylation is 1. The van der Waals surface area contributed by atoms with Gasteiger partial charge in [-0.25, -0.2) is 0 Å². The zero-order valence-corrected chi connectivity index (χ0v) is 18.3. The molecule has 0 unspecified atom stereocenters. The summed E-state index contributed by atoms with van der Waals surface area (Å²) in [6.07, 6.45) is 0. The molecule has 0 bridgehead atoms. The van der Waals surface area contributed by atoms with E-state index in [4.69, 9.17) is 16.3 Å². The van der Waals surface area contributed by atoms with E-state index in [1.807, 2.05) is 25.1 Å². The van der Waals surface area contributed by atoms with Crippen molar-refractivity contribution in [3.8, 4) is 5.75 Å². The third-order valence-corrected chi connectivity index (χ3v) is 4.69. The van der Waals surface area contributed by atoms with Gasteiger partial charge in [0.2, 0.25) is 11.8 Å². The van der Waals surface area contributed by atoms with Crippen LogP contribution in [-0.2, 0) is 9.59 Å². The van der Waals surface area contributed by atoms with Gasteiger partial charge in [-0.05, 0) is 49.2 Å². The number of amides is 2. The minimum absolute atomic E-state index is 0.0495. The van der Waals surface area contributed by atoms with Crippen LogP contribution in [0.2, 0.25) is 5.02 Å². The van der Waals surface area contributed by atoms with E-state index < -0.39 is 0 Å². The second-order valence-corrected chi connectivity index (χ2v) is 7.74. The van der Waals surface area contributed by atoms with E-state index >= 15 is 0 Å². The van der Waals surface area contributed by atoms with Gasteiger partial charge in [0.15, 0.2) is 0 Å². The molecule has 0 aliphatic carbocycles. The molecule has 156 valence electrons. The van der Waals surface area contributed by atoms with Gasteiger partial charge in [0.05, 0.1) is 25.9 Å². The van der Waals surface area contributed by atoms with Crippen LogP contribution < -0.4 is 15.4 Å². The van der Waals surface area contributed by atoms with Gasteiger partial charge in [-0.3, -0.25) is 14.5 Å². The van der Waals surface area contributed by atoms with Gasteiger partial charge in [0, 0.05) is 10.7 Å². The fourth-order valence-electron chi connectivity index (χ4n) is 3.04. The van der Waals surface area contributed by atoms with Crippen LogP contribution in [0.4, 0.5) is 11.4 Å². The summed E-state index contributed by atoms with van der Waals surface area (Å²) in [5, 5.41) is 6.25. The highest BCUT2D eigenvalue weighted by Gasteiger charge is 2.16. The van der Waals surface area contributed by atoms with E-state index in [-0.39, 0.29) is 24.9 Å². The zero-order chi connectivity index (χ0) is 21.6. The van der Waals surface area contributed by atoms with Crippen LogP contribution in [0.3, 0.4) is 0 Å². The highest BCUT2D eigenvalue weighted by atomic mass is 35.5. The molecule has 0 aliphatic heterocycles. The normalized spacial score (nSPS) is 10.9. The maximum Gasteiger partial charge on any atom is 0.238 e. The molecule has 29 heavy (non-hydrogen) atoms. The molecule has 0 fully saturated rings. The first-order valence-electron chi connectivity index (χ1n) is 9.42. The molecule has 2 N–H and O–H groups in total. The fourth-order valence-corrected chi connectivity index (χ4v) is 3.21. The first kappa shape index (κ1) is 22.7. The Labute approximate surface area is 177 Å². The van der Waals surface area contributed by atoms with Crippen molar-refractivity contribution in [1.82, 2.24) is 4.90 Å². The van der Waals surface area contributed by atoms with Crippen LogP contribution in [0.1, 0.15) is 30.9 Å². The minimum atomic E-state index is -0.264. The molecule has 0 radical (unpaired) electrons. The zero-order valence-electron chi connectivity index (χ0n) is 17.5. The molecule has 0 saturated heterocycles.